The van der Waals surface area contributed by atoms with E-state index in [1.807, 2.05) is 5.38 Å². The molecule has 122 valence electrons. The molecule has 1 aromatic heterocycles. The Hall–Kier alpha value is -1.40. The molecule has 2 aromatic rings. The second kappa shape index (κ2) is 8.45. The molecule has 1 unspecified atom stereocenters. The molecule has 2 N–H and O–H groups in total. The zero-order valence-corrected chi connectivity index (χ0v) is 14.4. The van der Waals surface area contributed by atoms with Crippen molar-refractivity contribution in [2.45, 2.75) is 18.9 Å². The summed E-state index contributed by atoms with van der Waals surface area (Å²) in [4.78, 5) is 24.2. The number of carbonyl (C=O) groups excluding carboxylic acids is 2. The molecule has 0 fully saturated rings. The van der Waals surface area contributed by atoms with E-state index in [-0.39, 0.29) is 31.1 Å². The molecule has 0 saturated heterocycles. The molecule has 0 aliphatic rings. The van der Waals surface area contributed by atoms with Gasteiger partial charge >= 0.3 is 0 Å². The van der Waals surface area contributed by atoms with E-state index >= 15 is 0 Å². The third-order valence-corrected chi connectivity index (χ3v) is 4.48. The Kier molecular flexibility index (Phi) is 6.59. The molecule has 2 rings (SSSR count). The topological polar surface area (TPSA) is 66.4 Å². The van der Waals surface area contributed by atoms with Crippen molar-refractivity contribution in [3.63, 3.8) is 0 Å². The molecule has 1 amide bonds. The summed E-state index contributed by atoms with van der Waals surface area (Å²) in [6, 6.07) is 8.27. The largest absolute Gasteiger partial charge is 0.387 e. The van der Waals surface area contributed by atoms with Crippen molar-refractivity contribution < 1.29 is 14.7 Å². The van der Waals surface area contributed by atoms with Crippen LogP contribution in [0.15, 0.2) is 35.7 Å². The van der Waals surface area contributed by atoms with Crippen LogP contribution in [0.5, 0.6) is 0 Å². The van der Waals surface area contributed by atoms with Gasteiger partial charge in [0.25, 0.3) is 0 Å². The molecule has 0 bridgehead atoms. The fourth-order valence-electron chi connectivity index (χ4n) is 1.97. The minimum atomic E-state index is -0.914. The number of nitrogens with one attached hydrogen (secondary N) is 1. The molecule has 7 heteroatoms. The maximum atomic E-state index is 11.8. The molecule has 1 aromatic carbocycles. The van der Waals surface area contributed by atoms with Gasteiger partial charge in [-0.2, -0.15) is 0 Å². The molecular weight excluding hydrogens is 357 g/mol. The monoisotopic (exact) mass is 371 g/mol. The van der Waals surface area contributed by atoms with Crippen LogP contribution in [0.4, 0.5) is 0 Å². The molecule has 1 atom stereocenters. The number of benzene rings is 1. The van der Waals surface area contributed by atoms with Crippen LogP contribution < -0.4 is 5.32 Å². The highest BCUT2D eigenvalue weighted by Crippen LogP contribution is 2.23. The van der Waals surface area contributed by atoms with E-state index in [0.717, 1.165) is 0 Å². The number of rotatable bonds is 7. The van der Waals surface area contributed by atoms with Gasteiger partial charge in [-0.25, -0.2) is 0 Å². The predicted octanol–water partition coefficient (Wildman–Crippen LogP) is 3.87. The zero-order valence-electron chi connectivity index (χ0n) is 12.1. The van der Waals surface area contributed by atoms with Gasteiger partial charge in [-0.3, -0.25) is 9.59 Å². The summed E-state index contributed by atoms with van der Waals surface area (Å²) in [5, 5.41) is 15.3. The first-order valence-electron chi connectivity index (χ1n) is 6.93. The quantitative estimate of drug-likeness (QED) is 0.726. The van der Waals surface area contributed by atoms with Gasteiger partial charge in [-0.1, -0.05) is 29.3 Å². The van der Waals surface area contributed by atoms with Gasteiger partial charge in [-0.15, -0.1) is 11.3 Å². The van der Waals surface area contributed by atoms with Crippen LogP contribution in [0.3, 0.4) is 0 Å². The maximum absolute atomic E-state index is 11.8. The molecule has 4 nitrogen and oxygen atoms in total. The third kappa shape index (κ3) is 5.62. The normalized spacial score (nSPS) is 12.0. The van der Waals surface area contributed by atoms with E-state index in [9.17, 15) is 14.7 Å². The first kappa shape index (κ1) is 17.9. The molecule has 0 aliphatic heterocycles. The average molecular weight is 372 g/mol. The summed E-state index contributed by atoms with van der Waals surface area (Å²) in [5.41, 5.74) is 0.525. The maximum Gasteiger partial charge on any atom is 0.220 e. The Morgan fingerprint density at radius 2 is 1.87 bits per heavy atom. The fraction of sp³-hybridized carbons (Fsp3) is 0.250. The van der Waals surface area contributed by atoms with E-state index in [2.05, 4.69) is 5.32 Å². The number of ketones is 1. The first-order valence-corrected chi connectivity index (χ1v) is 8.56. The number of aliphatic hydroxyl groups excluding tert-OH is 1. The summed E-state index contributed by atoms with van der Waals surface area (Å²) >= 11 is 13.1. The van der Waals surface area contributed by atoms with Crippen molar-refractivity contribution in [1.82, 2.24) is 5.32 Å². The smallest absolute Gasteiger partial charge is 0.220 e. The Balaban J connectivity index is 1.78. The van der Waals surface area contributed by atoms with E-state index in [4.69, 9.17) is 23.2 Å². The van der Waals surface area contributed by atoms with Gasteiger partial charge in [0, 0.05) is 29.4 Å². The van der Waals surface area contributed by atoms with Gasteiger partial charge < -0.3 is 10.4 Å². The fourth-order valence-corrected chi connectivity index (χ4v) is 3.21. The molecule has 0 radical (unpaired) electrons. The lowest BCUT2D eigenvalue weighted by Gasteiger charge is -2.13. The molecular formula is C16H15Cl2NO3S. The number of carbonyl (C=O) groups is 2. The van der Waals surface area contributed by atoms with Crippen molar-refractivity contribution in [2.24, 2.45) is 0 Å². The van der Waals surface area contributed by atoms with Crippen LogP contribution in [-0.4, -0.2) is 23.3 Å². The number of hydrogen-bond donors (Lipinski definition) is 2. The molecule has 23 heavy (non-hydrogen) atoms. The standard InChI is InChI=1S/C16H15Cl2NO3S/c17-11-6-10(7-12(18)8-11)14(21)9-19-16(22)4-3-13(20)15-2-1-5-23-15/h1-2,5-8,14,21H,3-4,9H2,(H,19,22). The van der Waals surface area contributed by atoms with Gasteiger partial charge in [0.15, 0.2) is 5.78 Å². The Morgan fingerprint density at radius 3 is 2.48 bits per heavy atom. The van der Waals surface area contributed by atoms with E-state index < -0.39 is 6.10 Å². The minimum absolute atomic E-state index is 0.0305. The van der Waals surface area contributed by atoms with Crippen LogP contribution >= 0.6 is 34.5 Å². The van der Waals surface area contributed by atoms with E-state index in [0.29, 0.717) is 20.5 Å². The number of halogens is 2. The predicted molar refractivity (Wildman–Crippen MR) is 92.3 cm³/mol. The molecule has 0 spiro atoms. The van der Waals surface area contributed by atoms with Crippen molar-refractivity contribution >= 4 is 46.2 Å². The molecule has 0 aliphatic carbocycles. The van der Waals surface area contributed by atoms with Gasteiger partial charge in [0.2, 0.25) is 5.91 Å². The second-order valence-corrected chi connectivity index (χ2v) is 6.74. The molecule has 0 saturated carbocycles. The highest BCUT2D eigenvalue weighted by atomic mass is 35.5. The zero-order chi connectivity index (χ0) is 16.8. The lowest BCUT2D eigenvalue weighted by atomic mass is 10.1. The van der Waals surface area contributed by atoms with Gasteiger partial charge in [0.1, 0.15) is 0 Å². The molecule has 1 heterocycles. The summed E-state index contributed by atoms with van der Waals surface area (Å²) < 4.78 is 0. The van der Waals surface area contributed by atoms with Crippen molar-refractivity contribution in [3.05, 3.63) is 56.2 Å². The lowest BCUT2D eigenvalue weighted by molar-refractivity contribution is -0.121. The minimum Gasteiger partial charge on any atom is -0.387 e. The van der Waals surface area contributed by atoms with Crippen molar-refractivity contribution in [1.29, 1.82) is 0 Å². The number of thiophene rings is 1. The summed E-state index contributed by atoms with van der Waals surface area (Å²) in [6.07, 6.45) is -0.686. The van der Waals surface area contributed by atoms with Crippen LogP contribution in [0, 0.1) is 0 Å². The van der Waals surface area contributed by atoms with Crippen LogP contribution in [0.25, 0.3) is 0 Å². The van der Waals surface area contributed by atoms with Crippen LogP contribution in [0.2, 0.25) is 10.0 Å². The van der Waals surface area contributed by atoms with E-state index in [1.54, 1.807) is 30.3 Å². The van der Waals surface area contributed by atoms with Gasteiger partial charge in [0.05, 0.1) is 11.0 Å². The van der Waals surface area contributed by atoms with E-state index in [1.165, 1.54) is 11.3 Å². The highest BCUT2D eigenvalue weighted by Gasteiger charge is 2.13. The SMILES string of the molecule is O=C(CCC(=O)c1cccs1)NCC(O)c1cc(Cl)cc(Cl)c1. The van der Waals surface area contributed by atoms with Crippen LogP contribution in [0.1, 0.15) is 34.2 Å². The first-order chi connectivity index (χ1) is 11.0. The number of Topliss-reactive ketones (excluding diaryl/α,β-unsaturated/α-hetero) is 1. The van der Waals surface area contributed by atoms with Gasteiger partial charge in [-0.05, 0) is 35.2 Å². The van der Waals surface area contributed by atoms with Crippen LogP contribution in [-0.2, 0) is 4.79 Å². The number of aliphatic hydroxyl groups is 1. The third-order valence-electron chi connectivity index (χ3n) is 3.14. The van der Waals surface area contributed by atoms with Crippen molar-refractivity contribution in [3.8, 4) is 0 Å². The highest BCUT2D eigenvalue weighted by molar-refractivity contribution is 7.12. The Labute approximate surface area is 148 Å². The summed E-state index contributed by atoms with van der Waals surface area (Å²) in [6.45, 7) is 0.0305. The summed E-state index contributed by atoms with van der Waals surface area (Å²) in [7, 11) is 0. The average Bonchev–Trinajstić information content (AvgIpc) is 3.03. The Bertz CT molecular complexity index is 668. The Morgan fingerprint density at radius 1 is 1.17 bits per heavy atom. The number of hydrogen-bond acceptors (Lipinski definition) is 4. The van der Waals surface area contributed by atoms with Crippen molar-refractivity contribution in [2.75, 3.05) is 6.54 Å². The summed E-state index contributed by atoms with van der Waals surface area (Å²) in [5.74, 6) is -0.348. The lowest BCUT2D eigenvalue weighted by Crippen LogP contribution is -2.28. The number of amides is 1. The second-order valence-electron chi connectivity index (χ2n) is 4.92.